The van der Waals surface area contributed by atoms with Crippen molar-refractivity contribution in [2.45, 2.75) is 19.9 Å². The summed E-state index contributed by atoms with van der Waals surface area (Å²) in [5.41, 5.74) is 5.10. The highest BCUT2D eigenvalue weighted by molar-refractivity contribution is 6.35. The first-order valence-corrected chi connectivity index (χ1v) is 10.5. The molecule has 1 atom stereocenters. The standard InChI is InChI=1S/C24H22ClN3O2/c1-14-12-27-22-23(29)21-18(25)4-3-5-19(21)30-24(22)20(14)16-6-8-17(9-7-16)28-11-10-26-15(2)13-28/h3-9,12,15,26H,10-11,13H2,1-2H3/t15-/m0/s1. The van der Waals surface area contributed by atoms with Crippen LogP contribution in [0.1, 0.15) is 12.5 Å². The van der Waals surface area contributed by atoms with Crippen LogP contribution in [-0.2, 0) is 0 Å². The number of anilines is 1. The summed E-state index contributed by atoms with van der Waals surface area (Å²) in [6.45, 7) is 7.14. The number of hydrogen-bond donors (Lipinski definition) is 1. The minimum absolute atomic E-state index is 0.204. The van der Waals surface area contributed by atoms with Gasteiger partial charge in [0, 0.05) is 43.1 Å². The Morgan fingerprint density at radius 3 is 2.77 bits per heavy atom. The molecule has 30 heavy (non-hydrogen) atoms. The van der Waals surface area contributed by atoms with Gasteiger partial charge in [0.05, 0.1) is 10.4 Å². The summed E-state index contributed by atoms with van der Waals surface area (Å²) in [6.07, 6.45) is 1.73. The van der Waals surface area contributed by atoms with Crippen molar-refractivity contribution in [3.63, 3.8) is 0 Å². The minimum atomic E-state index is -0.204. The van der Waals surface area contributed by atoms with Gasteiger partial charge >= 0.3 is 0 Å². The van der Waals surface area contributed by atoms with Crippen LogP contribution in [0, 0.1) is 6.92 Å². The second-order valence-corrected chi connectivity index (χ2v) is 8.29. The lowest BCUT2D eigenvalue weighted by Gasteiger charge is -2.33. The molecule has 1 aliphatic heterocycles. The third-order valence-corrected chi connectivity index (χ3v) is 6.06. The second kappa shape index (κ2) is 7.42. The van der Waals surface area contributed by atoms with Crippen molar-refractivity contribution >= 4 is 39.4 Å². The van der Waals surface area contributed by atoms with Crippen LogP contribution in [0.25, 0.3) is 33.2 Å². The van der Waals surface area contributed by atoms with Gasteiger partial charge in [-0.25, -0.2) is 4.98 Å². The number of aryl methyl sites for hydroxylation is 1. The van der Waals surface area contributed by atoms with Crippen molar-refractivity contribution in [2.75, 3.05) is 24.5 Å². The summed E-state index contributed by atoms with van der Waals surface area (Å²) >= 11 is 6.26. The van der Waals surface area contributed by atoms with Gasteiger partial charge in [-0.2, -0.15) is 0 Å². The first-order chi connectivity index (χ1) is 14.5. The maximum absolute atomic E-state index is 13.1. The molecule has 3 heterocycles. The zero-order valence-electron chi connectivity index (χ0n) is 16.9. The Morgan fingerprint density at radius 1 is 1.20 bits per heavy atom. The highest BCUT2D eigenvalue weighted by Crippen LogP contribution is 2.33. The summed E-state index contributed by atoms with van der Waals surface area (Å²) in [5.74, 6) is 0. The zero-order chi connectivity index (χ0) is 20.8. The number of pyridine rings is 1. The molecular weight excluding hydrogens is 398 g/mol. The van der Waals surface area contributed by atoms with Crippen LogP contribution >= 0.6 is 11.6 Å². The Kier molecular flexibility index (Phi) is 4.72. The molecule has 0 amide bonds. The lowest BCUT2D eigenvalue weighted by Crippen LogP contribution is -2.49. The quantitative estimate of drug-likeness (QED) is 0.474. The molecule has 152 valence electrons. The van der Waals surface area contributed by atoms with Crippen LogP contribution in [0.3, 0.4) is 0 Å². The predicted molar refractivity (Wildman–Crippen MR) is 123 cm³/mol. The van der Waals surface area contributed by atoms with Gasteiger partial charge in [-0.05, 0) is 49.2 Å². The maximum Gasteiger partial charge on any atom is 0.220 e. The fourth-order valence-corrected chi connectivity index (χ4v) is 4.50. The summed E-state index contributed by atoms with van der Waals surface area (Å²) in [5, 5.41) is 4.22. The molecule has 2 aromatic heterocycles. The van der Waals surface area contributed by atoms with Gasteiger partial charge in [-0.15, -0.1) is 0 Å². The van der Waals surface area contributed by atoms with Crippen molar-refractivity contribution in [3.8, 4) is 11.1 Å². The summed E-state index contributed by atoms with van der Waals surface area (Å²) in [6, 6.07) is 14.2. The molecule has 5 nitrogen and oxygen atoms in total. The average molecular weight is 420 g/mol. The third kappa shape index (κ3) is 3.15. The number of fused-ring (bicyclic) bond motifs is 2. The van der Waals surface area contributed by atoms with E-state index in [2.05, 4.69) is 46.4 Å². The van der Waals surface area contributed by atoms with Gasteiger partial charge in [-0.3, -0.25) is 4.79 Å². The molecule has 6 heteroatoms. The van der Waals surface area contributed by atoms with Gasteiger partial charge in [0.15, 0.2) is 11.1 Å². The molecule has 1 fully saturated rings. The van der Waals surface area contributed by atoms with Crippen LogP contribution in [0.15, 0.2) is 57.9 Å². The van der Waals surface area contributed by atoms with Crippen LogP contribution in [0.2, 0.25) is 5.02 Å². The van der Waals surface area contributed by atoms with Crippen molar-refractivity contribution in [3.05, 3.63) is 69.5 Å². The van der Waals surface area contributed by atoms with Gasteiger partial charge < -0.3 is 14.6 Å². The molecule has 1 aliphatic rings. The van der Waals surface area contributed by atoms with Crippen molar-refractivity contribution in [1.29, 1.82) is 0 Å². The van der Waals surface area contributed by atoms with Crippen molar-refractivity contribution in [2.24, 2.45) is 0 Å². The number of aromatic nitrogens is 1. The molecular formula is C24H22ClN3O2. The van der Waals surface area contributed by atoms with E-state index in [0.717, 1.165) is 36.3 Å². The van der Waals surface area contributed by atoms with E-state index in [9.17, 15) is 4.79 Å². The average Bonchev–Trinajstić information content (AvgIpc) is 2.74. The third-order valence-electron chi connectivity index (χ3n) is 5.74. The molecule has 1 N–H and O–H groups in total. The molecule has 1 saturated heterocycles. The lowest BCUT2D eigenvalue weighted by atomic mass is 9.99. The summed E-state index contributed by atoms with van der Waals surface area (Å²) in [7, 11) is 0. The van der Waals surface area contributed by atoms with E-state index in [4.69, 9.17) is 16.0 Å². The van der Waals surface area contributed by atoms with E-state index < -0.39 is 0 Å². The topological polar surface area (TPSA) is 58.4 Å². The van der Waals surface area contributed by atoms with Crippen molar-refractivity contribution in [1.82, 2.24) is 10.3 Å². The number of rotatable bonds is 2. The molecule has 0 unspecified atom stereocenters. The normalized spacial score (nSPS) is 17.0. The highest BCUT2D eigenvalue weighted by Gasteiger charge is 2.19. The molecule has 0 saturated carbocycles. The first kappa shape index (κ1) is 19.1. The van der Waals surface area contributed by atoms with Crippen LogP contribution in [0.5, 0.6) is 0 Å². The van der Waals surface area contributed by atoms with E-state index in [0.29, 0.717) is 33.1 Å². The summed E-state index contributed by atoms with van der Waals surface area (Å²) in [4.78, 5) is 19.8. The number of piperazine rings is 1. The number of halogens is 1. The Bertz CT molecular complexity index is 1310. The molecule has 5 rings (SSSR count). The monoisotopic (exact) mass is 419 g/mol. The van der Waals surface area contributed by atoms with E-state index in [1.165, 1.54) is 5.69 Å². The van der Waals surface area contributed by atoms with Crippen LogP contribution in [-0.4, -0.2) is 30.7 Å². The Morgan fingerprint density at radius 2 is 2.00 bits per heavy atom. The molecule has 0 spiro atoms. The molecule has 4 aromatic rings. The fourth-order valence-electron chi connectivity index (χ4n) is 4.25. The molecule has 0 aliphatic carbocycles. The van der Waals surface area contributed by atoms with E-state index in [1.807, 2.05) is 6.92 Å². The maximum atomic E-state index is 13.1. The Balaban J connectivity index is 1.66. The SMILES string of the molecule is Cc1cnc2c(=O)c3c(Cl)cccc3oc2c1-c1ccc(N2CCN[C@@H](C)C2)cc1. The smallest absolute Gasteiger partial charge is 0.220 e. The van der Waals surface area contributed by atoms with Crippen molar-refractivity contribution < 1.29 is 4.42 Å². The van der Waals surface area contributed by atoms with Gasteiger partial charge in [-0.1, -0.05) is 29.8 Å². The van der Waals surface area contributed by atoms with E-state index in [-0.39, 0.29) is 5.43 Å². The number of nitrogens with zero attached hydrogens (tertiary/aromatic N) is 2. The minimum Gasteiger partial charge on any atom is -0.453 e. The number of hydrogen-bond acceptors (Lipinski definition) is 5. The van der Waals surface area contributed by atoms with Gasteiger partial charge in [0.25, 0.3) is 0 Å². The van der Waals surface area contributed by atoms with Gasteiger partial charge in [0.2, 0.25) is 5.43 Å². The fraction of sp³-hybridized carbons (Fsp3) is 0.250. The summed E-state index contributed by atoms with van der Waals surface area (Å²) < 4.78 is 6.17. The Hall–Kier alpha value is -2.89. The number of nitrogens with one attached hydrogen (secondary N) is 1. The van der Waals surface area contributed by atoms with E-state index >= 15 is 0 Å². The van der Waals surface area contributed by atoms with Crippen LogP contribution < -0.4 is 15.6 Å². The lowest BCUT2D eigenvalue weighted by molar-refractivity contribution is 0.485. The zero-order valence-corrected chi connectivity index (χ0v) is 17.7. The second-order valence-electron chi connectivity index (χ2n) is 7.89. The first-order valence-electron chi connectivity index (χ1n) is 10.1. The van der Waals surface area contributed by atoms with Gasteiger partial charge in [0.1, 0.15) is 5.58 Å². The highest BCUT2D eigenvalue weighted by atomic mass is 35.5. The molecule has 2 aromatic carbocycles. The predicted octanol–water partition coefficient (Wildman–Crippen LogP) is 4.77. The number of benzene rings is 2. The largest absolute Gasteiger partial charge is 0.453 e. The molecule has 0 bridgehead atoms. The van der Waals surface area contributed by atoms with E-state index in [1.54, 1.807) is 24.4 Å². The molecule has 0 radical (unpaired) electrons. The Labute approximate surface area is 179 Å². The van der Waals surface area contributed by atoms with Crippen LogP contribution in [0.4, 0.5) is 5.69 Å².